The molecule has 1 spiro atoms. The lowest BCUT2D eigenvalue weighted by atomic mass is 9.69. The number of carbonyl (C=O) groups is 1. The van der Waals surface area contributed by atoms with Crippen LogP contribution in [0.5, 0.6) is 0 Å². The van der Waals surface area contributed by atoms with E-state index in [1.807, 2.05) is 0 Å². The van der Waals surface area contributed by atoms with E-state index in [2.05, 4.69) is 13.8 Å². The highest BCUT2D eigenvalue weighted by Crippen LogP contribution is 2.70. The average Bonchev–Trinajstić information content (AvgIpc) is 3.07. The molecule has 0 aromatic carbocycles. The molecule has 0 radical (unpaired) electrons. The van der Waals surface area contributed by atoms with Crippen molar-refractivity contribution in [2.24, 2.45) is 16.7 Å². The molecule has 2 saturated carbocycles. The minimum absolute atomic E-state index is 0.00935. The van der Waals surface area contributed by atoms with Gasteiger partial charge in [-0.1, -0.05) is 13.8 Å². The minimum atomic E-state index is -3.48. The summed E-state index contributed by atoms with van der Waals surface area (Å²) in [7, 11) is -3.48. The van der Waals surface area contributed by atoms with Gasteiger partial charge in [-0.3, -0.25) is 4.79 Å². The second-order valence-electron chi connectivity index (χ2n) is 9.08. The van der Waals surface area contributed by atoms with Gasteiger partial charge in [-0.25, -0.2) is 12.7 Å². The molecule has 2 aliphatic carbocycles. The van der Waals surface area contributed by atoms with Crippen LogP contribution in [0, 0.1) is 16.7 Å². The Bertz CT molecular complexity index is 669. The Morgan fingerprint density at radius 2 is 1.92 bits per heavy atom. The van der Waals surface area contributed by atoms with Crippen molar-refractivity contribution >= 4 is 15.9 Å². The summed E-state index contributed by atoms with van der Waals surface area (Å²) in [6.45, 7) is 5.88. The molecular weight excluding hydrogens is 354 g/mol. The fourth-order valence-corrected chi connectivity index (χ4v) is 8.59. The van der Waals surface area contributed by atoms with Gasteiger partial charge < -0.3 is 9.47 Å². The first-order valence-electron chi connectivity index (χ1n) is 10.1. The first-order chi connectivity index (χ1) is 12.3. The minimum Gasteiger partial charge on any atom is -0.353 e. The molecule has 6 nitrogen and oxygen atoms in total. The zero-order valence-electron chi connectivity index (χ0n) is 15.9. The van der Waals surface area contributed by atoms with Crippen LogP contribution in [0.1, 0.15) is 65.2 Å². The summed E-state index contributed by atoms with van der Waals surface area (Å²) in [5.41, 5.74) is -0.217. The van der Waals surface area contributed by atoms with E-state index in [9.17, 15) is 13.2 Å². The van der Waals surface area contributed by atoms with Crippen LogP contribution >= 0.6 is 0 Å². The number of nitrogens with zero attached hydrogens (tertiary/aromatic N) is 1. The summed E-state index contributed by atoms with van der Waals surface area (Å²) in [5.74, 6) is 0.489. The highest BCUT2D eigenvalue weighted by atomic mass is 32.2. The number of amides is 1. The largest absolute Gasteiger partial charge is 0.353 e. The fraction of sp³-hybridized carbons (Fsp3) is 0.947. The third kappa shape index (κ3) is 2.73. The van der Waals surface area contributed by atoms with E-state index in [1.165, 1.54) is 4.31 Å². The number of hydrogen-bond donors (Lipinski definition) is 0. The van der Waals surface area contributed by atoms with E-state index < -0.39 is 10.0 Å². The van der Waals surface area contributed by atoms with Crippen molar-refractivity contribution in [1.29, 1.82) is 0 Å². The summed E-state index contributed by atoms with van der Waals surface area (Å²) in [6, 6.07) is -0.112. The van der Waals surface area contributed by atoms with E-state index in [-0.39, 0.29) is 34.8 Å². The predicted molar refractivity (Wildman–Crippen MR) is 96.8 cm³/mol. The van der Waals surface area contributed by atoms with E-state index in [0.717, 1.165) is 51.7 Å². The van der Waals surface area contributed by atoms with Crippen LogP contribution in [0.25, 0.3) is 0 Å². The Hall–Kier alpha value is -0.660. The zero-order valence-corrected chi connectivity index (χ0v) is 16.7. The van der Waals surface area contributed by atoms with Crippen molar-refractivity contribution in [2.45, 2.75) is 77.5 Å². The summed E-state index contributed by atoms with van der Waals surface area (Å²) >= 11 is 0. The molecule has 0 aromatic rings. The number of hydrogen-bond acceptors (Lipinski definition) is 5. The van der Waals surface area contributed by atoms with Crippen LogP contribution in [0.3, 0.4) is 0 Å². The van der Waals surface area contributed by atoms with Gasteiger partial charge in [-0.05, 0) is 56.3 Å². The van der Waals surface area contributed by atoms with Gasteiger partial charge in [0.15, 0.2) is 6.29 Å². The lowest BCUT2D eigenvalue weighted by molar-refractivity contribution is -0.181. The molecule has 26 heavy (non-hydrogen) atoms. The lowest BCUT2D eigenvalue weighted by Crippen LogP contribution is -2.44. The monoisotopic (exact) mass is 385 g/mol. The third-order valence-corrected chi connectivity index (χ3v) is 9.57. The molecular formula is C19H31NO5S. The molecule has 4 rings (SSSR count). The summed E-state index contributed by atoms with van der Waals surface area (Å²) in [4.78, 5) is 12.8. The quantitative estimate of drug-likeness (QED) is 0.680. The Balaban J connectivity index is 1.37. The first kappa shape index (κ1) is 18.7. The Morgan fingerprint density at radius 1 is 1.19 bits per heavy atom. The van der Waals surface area contributed by atoms with Crippen LogP contribution in [0.2, 0.25) is 0 Å². The SMILES string of the molecule is CC1(C)[C@H]2CC[C@@]13CS(=O)(=O)N(C(=O)CCCCC1OCCCO1)[C@H]3C2. The van der Waals surface area contributed by atoms with E-state index in [1.54, 1.807) is 0 Å². The summed E-state index contributed by atoms with van der Waals surface area (Å²) in [6.07, 6.45) is 6.21. The molecule has 2 aliphatic heterocycles. The second kappa shape index (κ2) is 6.45. The van der Waals surface area contributed by atoms with Gasteiger partial charge in [0, 0.05) is 11.8 Å². The molecule has 2 bridgehead atoms. The van der Waals surface area contributed by atoms with Gasteiger partial charge in [0.25, 0.3) is 0 Å². The van der Waals surface area contributed by atoms with Gasteiger partial charge in [0.1, 0.15) is 0 Å². The normalized spacial score (nSPS) is 37.8. The van der Waals surface area contributed by atoms with Crippen LogP contribution in [-0.4, -0.2) is 49.9 Å². The Morgan fingerprint density at radius 3 is 2.62 bits per heavy atom. The summed E-state index contributed by atoms with van der Waals surface area (Å²) in [5, 5.41) is 0. The van der Waals surface area contributed by atoms with E-state index in [0.29, 0.717) is 18.8 Å². The third-order valence-electron chi connectivity index (χ3n) is 7.63. The van der Waals surface area contributed by atoms with Crippen molar-refractivity contribution < 1.29 is 22.7 Å². The van der Waals surface area contributed by atoms with Crippen molar-refractivity contribution in [3.05, 3.63) is 0 Å². The highest BCUT2D eigenvalue weighted by molar-refractivity contribution is 7.90. The fourth-order valence-electron chi connectivity index (χ4n) is 6.02. The molecule has 2 saturated heterocycles. The van der Waals surface area contributed by atoms with Crippen molar-refractivity contribution in [3.8, 4) is 0 Å². The Kier molecular flexibility index (Phi) is 4.64. The maximum absolute atomic E-state index is 12.8. The number of fused-ring (bicyclic) bond motifs is 1. The molecule has 7 heteroatoms. The maximum atomic E-state index is 12.8. The van der Waals surface area contributed by atoms with Crippen LogP contribution in [-0.2, 0) is 24.3 Å². The molecule has 0 unspecified atom stereocenters. The number of sulfonamides is 1. The van der Waals surface area contributed by atoms with Gasteiger partial charge >= 0.3 is 0 Å². The molecule has 4 aliphatic rings. The van der Waals surface area contributed by atoms with Crippen LogP contribution in [0.15, 0.2) is 0 Å². The molecule has 148 valence electrons. The highest BCUT2D eigenvalue weighted by Gasteiger charge is 2.72. The number of ether oxygens (including phenoxy) is 2. The molecule has 3 atom stereocenters. The van der Waals surface area contributed by atoms with E-state index in [4.69, 9.17) is 9.47 Å². The topological polar surface area (TPSA) is 72.9 Å². The molecule has 0 aromatic heterocycles. The van der Waals surface area contributed by atoms with Gasteiger partial charge in [-0.2, -0.15) is 0 Å². The van der Waals surface area contributed by atoms with Crippen molar-refractivity contribution in [3.63, 3.8) is 0 Å². The summed E-state index contributed by atoms with van der Waals surface area (Å²) < 4.78 is 38.0. The maximum Gasteiger partial charge on any atom is 0.238 e. The average molecular weight is 386 g/mol. The smallest absolute Gasteiger partial charge is 0.238 e. The molecule has 0 N–H and O–H groups in total. The lowest BCUT2D eigenvalue weighted by Gasteiger charge is -2.37. The van der Waals surface area contributed by atoms with E-state index >= 15 is 0 Å². The number of unbranched alkanes of at least 4 members (excludes halogenated alkanes) is 1. The van der Waals surface area contributed by atoms with Crippen LogP contribution < -0.4 is 0 Å². The Labute approximate surface area is 156 Å². The second-order valence-corrected chi connectivity index (χ2v) is 10.9. The zero-order chi connectivity index (χ0) is 18.6. The molecule has 2 heterocycles. The number of carbonyl (C=O) groups excluding carboxylic acids is 1. The number of rotatable bonds is 5. The molecule has 1 amide bonds. The van der Waals surface area contributed by atoms with Crippen LogP contribution in [0.4, 0.5) is 0 Å². The van der Waals surface area contributed by atoms with Crippen molar-refractivity contribution in [1.82, 2.24) is 4.31 Å². The van der Waals surface area contributed by atoms with Gasteiger partial charge in [0.2, 0.25) is 15.9 Å². The molecule has 4 fully saturated rings. The first-order valence-corrected chi connectivity index (χ1v) is 11.7. The standard InChI is InChI=1S/C19H31NO5S/c1-18(2)14-8-9-19(18)13-26(22,23)20(15(19)12-14)16(21)6-3-4-7-17-24-10-5-11-25-17/h14-15,17H,3-13H2,1-2H3/t14-,15-,19-/m0/s1. The van der Waals surface area contributed by atoms with Gasteiger partial charge in [-0.15, -0.1) is 0 Å². The van der Waals surface area contributed by atoms with Gasteiger partial charge in [0.05, 0.1) is 25.0 Å². The predicted octanol–water partition coefficient (Wildman–Crippen LogP) is 2.68. The van der Waals surface area contributed by atoms with Crippen molar-refractivity contribution in [2.75, 3.05) is 19.0 Å².